The minimum Gasteiger partial charge on any atom is -0.330 e. The minimum atomic E-state index is -0.407. The Kier molecular flexibility index (Phi) is 4.93. The number of rotatable bonds is 3. The molecule has 0 heterocycles. The fourth-order valence-corrected chi connectivity index (χ4v) is 1.36. The second-order valence-corrected chi connectivity index (χ2v) is 3.55. The molecule has 0 rings (SSSR count). The summed E-state index contributed by atoms with van der Waals surface area (Å²) in [5, 5.41) is 0. The SMILES string of the molecule is CC(C)CN[SiH2]Cl. The highest BCUT2D eigenvalue weighted by Gasteiger charge is 1.88. The molecule has 7 heavy (non-hydrogen) atoms. The largest absolute Gasteiger partial charge is 0.330 e. The molecule has 0 aromatic heterocycles. The van der Waals surface area contributed by atoms with Crippen LogP contribution in [-0.2, 0) is 0 Å². The summed E-state index contributed by atoms with van der Waals surface area (Å²) in [5.74, 6) is 0.742. The van der Waals surface area contributed by atoms with Crippen LogP contribution in [0.2, 0.25) is 0 Å². The van der Waals surface area contributed by atoms with Crippen LogP contribution in [0.1, 0.15) is 13.8 Å². The van der Waals surface area contributed by atoms with E-state index in [2.05, 4.69) is 18.8 Å². The maximum absolute atomic E-state index is 5.47. The lowest BCUT2D eigenvalue weighted by atomic mass is 10.2. The van der Waals surface area contributed by atoms with E-state index in [1.54, 1.807) is 0 Å². The van der Waals surface area contributed by atoms with Crippen molar-refractivity contribution in [3.63, 3.8) is 0 Å². The van der Waals surface area contributed by atoms with Gasteiger partial charge in [0.05, 0.1) is 0 Å². The van der Waals surface area contributed by atoms with Crippen LogP contribution in [-0.4, -0.2) is 15.5 Å². The van der Waals surface area contributed by atoms with Gasteiger partial charge >= 0.3 is 0 Å². The van der Waals surface area contributed by atoms with E-state index >= 15 is 0 Å². The van der Waals surface area contributed by atoms with Gasteiger partial charge in [0.15, 0.2) is 8.99 Å². The quantitative estimate of drug-likeness (QED) is 0.441. The smallest absolute Gasteiger partial charge is 0.195 e. The summed E-state index contributed by atoms with van der Waals surface area (Å²) in [6.07, 6.45) is 0. The predicted octanol–water partition coefficient (Wildman–Crippen LogP) is 0.470. The van der Waals surface area contributed by atoms with E-state index in [0.717, 1.165) is 12.5 Å². The Bertz CT molecular complexity index is 40.7. The Hall–Kier alpha value is 0.467. The van der Waals surface area contributed by atoms with Gasteiger partial charge in [0.1, 0.15) is 0 Å². The van der Waals surface area contributed by atoms with Crippen LogP contribution in [0, 0.1) is 5.92 Å². The van der Waals surface area contributed by atoms with Crippen LogP contribution in [0.25, 0.3) is 0 Å². The van der Waals surface area contributed by atoms with Crippen LogP contribution in [0.4, 0.5) is 0 Å². The van der Waals surface area contributed by atoms with Gasteiger partial charge < -0.3 is 4.98 Å². The zero-order valence-corrected chi connectivity index (χ0v) is 7.04. The van der Waals surface area contributed by atoms with Gasteiger partial charge in [-0.15, -0.1) is 0 Å². The monoisotopic (exact) mass is 137 g/mol. The topological polar surface area (TPSA) is 12.0 Å². The normalized spacial score (nSPS) is 12.0. The molecular formula is C4H12ClNSi. The molecule has 0 radical (unpaired) electrons. The van der Waals surface area contributed by atoms with Gasteiger partial charge in [-0.05, 0) is 12.5 Å². The lowest BCUT2D eigenvalue weighted by Gasteiger charge is -2.00. The van der Waals surface area contributed by atoms with Gasteiger partial charge in [-0.1, -0.05) is 13.8 Å². The zero-order chi connectivity index (χ0) is 5.70. The third-order valence-electron chi connectivity index (χ3n) is 0.647. The van der Waals surface area contributed by atoms with E-state index in [0.29, 0.717) is 0 Å². The summed E-state index contributed by atoms with van der Waals surface area (Å²) < 4.78 is 0. The molecule has 0 saturated heterocycles. The van der Waals surface area contributed by atoms with E-state index in [1.807, 2.05) is 0 Å². The van der Waals surface area contributed by atoms with Crippen LogP contribution < -0.4 is 4.98 Å². The first-order chi connectivity index (χ1) is 3.27. The summed E-state index contributed by atoms with van der Waals surface area (Å²) in [6, 6.07) is 0. The van der Waals surface area contributed by atoms with Gasteiger partial charge in [-0.25, -0.2) is 0 Å². The van der Waals surface area contributed by atoms with Gasteiger partial charge in [0.2, 0.25) is 0 Å². The fourth-order valence-electron chi connectivity index (χ4n) is 0.343. The summed E-state index contributed by atoms with van der Waals surface area (Å²) in [5.41, 5.74) is 0. The molecular weight excluding hydrogens is 126 g/mol. The third kappa shape index (κ3) is 6.47. The second-order valence-electron chi connectivity index (χ2n) is 1.98. The van der Waals surface area contributed by atoms with Crippen molar-refractivity contribution in [2.24, 2.45) is 5.92 Å². The molecule has 0 bridgehead atoms. The third-order valence-corrected chi connectivity index (χ3v) is 1.69. The average molecular weight is 138 g/mol. The maximum atomic E-state index is 5.47. The van der Waals surface area contributed by atoms with Crippen LogP contribution in [0.3, 0.4) is 0 Å². The first kappa shape index (κ1) is 7.47. The van der Waals surface area contributed by atoms with Crippen LogP contribution in [0.5, 0.6) is 0 Å². The molecule has 1 N–H and O–H groups in total. The van der Waals surface area contributed by atoms with Gasteiger partial charge in [-0.2, -0.15) is 11.1 Å². The molecule has 0 aromatic rings. The molecule has 1 nitrogen and oxygen atoms in total. The second kappa shape index (κ2) is 4.62. The number of hydrogen-bond donors (Lipinski definition) is 1. The molecule has 0 saturated carbocycles. The van der Waals surface area contributed by atoms with E-state index < -0.39 is 8.99 Å². The molecule has 0 amide bonds. The van der Waals surface area contributed by atoms with Gasteiger partial charge in [0, 0.05) is 0 Å². The summed E-state index contributed by atoms with van der Waals surface area (Å²) in [4.78, 5) is 3.15. The zero-order valence-electron chi connectivity index (χ0n) is 4.87. The van der Waals surface area contributed by atoms with Crippen LogP contribution >= 0.6 is 11.1 Å². The minimum absolute atomic E-state index is 0.407. The first-order valence-electron chi connectivity index (χ1n) is 2.54. The van der Waals surface area contributed by atoms with E-state index in [9.17, 15) is 0 Å². The van der Waals surface area contributed by atoms with Crippen molar-refractivity contribution in [1.29, 1.82) is 0 Å². The average Bonchev–Trinajstić information content (AvgIpc) is 1.61. The van der Waals surface area contributed by atoms with Crippen molar-refractivity contribution in [3.8, 4) is 0 Å². The molecule has 0 aromatic carbocycles. The molecule has 0 aliphatic carbocycles. The first-order valence-corrected chi connectivity index (χ1v) is 5.38. The van der Waals surface area contributed by atoms with Crippen molar-refractivity contribution in [2.75, 3.05) is 6.54 Å². The predicted molar refractivity (Wildman–Crippen MR) is 37.2 cm³/mol. The van der Waals surface area contributed by atoms with E-state index in [4.69, 9.17) is 11.1 Å². The number of halogens is 1. The molecule has 0 atom stereocenters. The Morgan fingerprint density at radius 3 is 2.43 bits per heavy atom. The molecule has 0 fully saturated rings. The molecule has 0 unspecified atom stereocenters. The van der Waals surface area contributed by atoms with Crippen molar-refractivity contribution in [3.05, 3.63) is 0 Å². The van der Waals surface area contributed by atoms with Crippen LogP contribution in [0.15, 0.2) is 0 Å². The lowest BCUT2D eigenvalue weighted by molar-refractivity contribution is 0.635. The molecule has 0 aliphatic heterocycles. The number of hydrogen-bond acceptors (Lipinski definition) is 1. The van der Waals surface area contributed by atoms with Crippen molar-refractivity contribution >= 4 is 20.1 Å². The Morgan fingerprint density at radius 2 is 2.29 bits per heavy atom. The van der Waals surface area contributed by atoms with Gasteiger partial charge in [0.25, 0.3) is 0 Å². The summed E-state index contributed by atoms with van der Waals surface area (Å²) in [6.45, 7) is 5.43. The van der Waals surface area contributed by atoms with Crippen molar-refractivity contribution in [1.82, 2.24) is 4.98 Å². The van der Waals surface area contributed by atoms with E-state index in [1.165, 1.54) is 0 Å². The fraction of sp³-hybridized carbons (Fsp3) is 1.00. The number of nitrogens with one attached hydrogen (secondary N) is 1. The highest BCUT2D eigenvalue weighted by Crippen LogP contribution is 1.85. The highest BCUT2D eigenvalue weighted by atomic mass is 35.6. The maximum Gasteiger partial charge on any atom is 0.195 e. The van der Waals surface area contributed by atoms with Crippen molar-refractivity contribution in [2.45, 2.75) is 13.8 Å². The lowest BCUT2D eigenvalue weighted by Crippen LogP contribution is -2.19. The van der Waals surface area contributed by atoms with E-state index in [-0.39, 0.29) is 0 Å². The standard InChI is InChI=1S/C4H12ClNSi/c1-4(2)3-6-7-5/h4,6H,3,7H2,1-2H3. The molecule has 0 spiro atoms. The Morgan fingerprint density at radius 1 is 1.71 bits per heavy atom. The summed E-state index contributed by atoms with van der Waals surface area (Å²) >= 11 is 5.47. The molecule has 44 valence electrons. The Balaban J connectivity index is 2.68. The van der Waals surface area contributed by atoms with Crippen molar-refractivity contribution < 1.29 is 0 Å². The Labute approximate surface area is 52.0 Å². The summed E-state index contributed by atoms with van der Waals surface area (Å²) in [7, 11) is -0.407. The molecule has 0 aliphatic rings. The molecule has 3 heteroatoms. The highest BCUT2D eigenvalue weighted by molar-refractivity contribution is 6.92. The van der Waals surface area contributed by atoms with Gasteiger partial charge in [-0.3, -0.25) is 0 Å².